The van der Waals surface area contributed by atoms with Crippen molar-refractivity contribution >= 4 is 35.1 Å². The predicted octanol–water partition coefficient (Wildman–Crippen LogP) is 4.70. The molecule has 0 saturated carbocycles. The number of amides is 2. The van der Waals surface area contributed by atoms with E-state index in [1.807, 2.05) is 48.5 Å². The fourth-order valence-electron chi connectivity index (χ4n) is 2.36. The van der Waals surface area contributed by atoms with Crippen molar-refractivity contribution in [2.75, 3.05) is 11.1 Å². The van der Waals surface area contributed by atoms with Crippen molar-refractivity contribution in [2.24, 2.45) is 0 Å². The van der Waals surface area contributed by atoms with Gasteiger partial charge in [0.2, 0.25) is 0 Å². The van der Waals surface area contributed by atoms with Crippen LogP contribution >= 0.6 is 23.4 Å². The van der Waals surface area contributed by atoms with E-state index in [0.29, 0.717) is 5.02 Å². The topological polar surface area (TPSA) is 41.1 Å². The van der Waals surface area contributed by atoms with Crippen molar-refractivity contribution in [1.29, 1.82) is 0 Å². The number of urea groups is 1. The minimum absolute atomic E-state index is 0.00339. The Kier molecular flexibility index (Phi) is 4.36. The molecular weight excluding hydrogens is 304 g/mol. The number of anilines is 1. The van der Waals surface area contributed by atoms with Crippen LogP contribution in [0.25, 0.3) is 0 Å². The third-order valence-electron chi connectivity index (χ3n) is 3.35. The summed E-state index contributed by atoms with van der Waals surface area (Å²) in [5.41, 5.74) is 1.88. The number of halogens is 1. The highest BCUT2D eigenvalue weighted by molar-refractivity contribution is 7.99. The number of thioether (sulfide) groups is 1. The quantitative estimate of drug-likeness (QED) is 0.842. The summed E-state index contributed by atoms with van der Waals surface area (Å²) < 4.78 is 0. The van der Waals surface area contributed by atoms with Crippen LogP contribution in [0.4, 0.5) is 10.5 Å². The lowest BCUT2D eigenvalue weighted by Gasteiger charge is -2.26. The molecular formula is C16H15ClN2OS. The Bertz CT molecular complexity index is 648. The first kappa shape index (κ1) is 14.3. The van der Waals surface area contributed by atoms with E-state index < -0.39 is 0 Å². The van der Waals surface area contributed by atoms with E-state index in [-0.39, 0.29) is 12.1 Å². The molecule has 1 aliphatic rings. The summed E-state index contributed by atoms with van der Waals surface area (Å²) >= 11 is 7.87. The molecule has 0 unspecified atom stereocenters. The zero-order valence-electron chi connectivity index (χ0n) is 11.3. The summed E-state index contributed by atoms with van der Waals surface area (Å²) in [6.07, 6.45) is 0.903. The van der Waals surface area contributed by atoms with Crippen molar-refractivity contribution in [3.05, 3.63) is 59.1 Å². The average Bonchev–Trinajstić information content (AvgIpc) is 2.49. The molecule has 0 radical (unpaired) electrons. The number of para-hydroxylation sites is 1. The highest BCUT2D eigenvalue weighted by Gasteiger charge is 2.22. The number of fused-ring (bicyclic) bond motifs is 1. The van der Waals surface area contributed by atoms with Gasteiger partial charge in [0.05, 0.1) is 6.04 Å². The normalized spacial score (nSPS) is 16.9. The first-order valence-electron chi connectivity index (χ1n) is 6.77. The lowest BCUT2D eigenvalue weighted by atomic mass is 10.0. The van der Waals surface area contributed by atoms with E-state index in [1.54, 1.807) is 11.8 Å². The number of hydrogen-bond donors (Lipinski definition) is 2. The van der Waals surface area contributed by atoms with E-state index in [0.717, 1.165) is 23.4 Å². The van der Waals surface area contributed by atoms with E-state index >= 15 is 0 Å². The van der Waals surface area contributed by atoms with Crippen LogP contribution in [0.3, 0.4) is 0 Å². The SMILES string of the molecule is O=C(Nc1ccccc1)N[C@H]1CCSc2ccc(Cl)cc21. The van der Waals surface area contributed by atoms with Crippen LogP contribution < -0.4 is 10.6 Å². The van der Waals surface area contributed by atoms with Gasteiger partial charge in [0.15, 0.2) is 0 Å². The Labute approximate surface area is 133 Å². The van der Waals surface area contributed by atoms with Gasteiger partial charge in [-0.3, -0.25) is 0 Å². The van der Waals surface area contributed by atoms with Crippen LogP contribution in [0.2, 0.25) is 5.02 Å². The van der Waals surface area contributed by atoms with Gasteiger partial charge in [-0.15, -0.1) is 11.8 Å². The molecule has 0 saturated heterocycles. The van der Waals surface area contributed by atoms with Gasteiger partial charge in [-0.2, -0.15) is 0 Å². The summed E-state index contributed by atoms with van der Waals surface area (Å²) in [7, 11) is 0. The summed E-state index contributed by atoms with van der Waals surface area (Å²) in [5, 5.41) is 6.57. The van der Waals surface area contributed by atoms with Crippen molar-refractivity contribution in [1.82, 2.24) is 5.32 Å². The predicted molar refractivity (Wildman–Crippen MR) is 88.1 cm³/mol. The van der Waals surface area contributed by atoms with Crippen LogP contribution in [0.1, 0.15) is 18.0 Å². The summed E-state index contributed by atoms with van der Waals surface area (Å²) in [4.78, 5) is 13.3. The lowest BCUT2D eigenvalue weighted by Crippen LogP contribution is -2.34. The molecule has 2 aromatic carbocycles. The molecule has 1 heterocycles. The molecule has 5 heteroatoms. The number of carbonyl (C=O) groups is 1. The smallest absolute Gasteiger partial charge is 0.319 e. The van der Waals surface area contributed by atoms with Crippen molar-refractivity contribution < 1.29 is 4.79 Å². The van der Waals surface area contributed by atoms with E-state index in [1.165, 1.54) is 4.90 Å². The molecule has 0 aliphatic carbocycles. The molecule has 1 atom stereocenters. The average molecular weight is 319 g/mol. The van der Waals surface area contributed by atoms with Crippen molar-refractivity contribution in [3.8, 4) is 0 Å². The van der Waals surface area contributed by atoms with Crippen LogP contribution in [-0.2, 0) is 0 Å². The van der Waals surface area contributed by atoms with Crippen LogP contribution in [0.5, 0.6) is 0 Å². The Morgan fingerprint density at radius 3 is 2.81 bits per heavy atom. The van der Waals surface area contributed by atoms with E-state index in [2.05, 4.69) is 10.6 Å². The molecule has 3 rings (SSSR count). The second-order valence-corrected chi connectivity index (χ2v) is 6.41. The molecule has 2 aromatic rings. The molecule has 21 heavy (non-hydrogen) atoms. The number of rotatable bonds is 2. The van der Waals surface area contributed by atoms with E-state index in [4.69, 9.17) is 11.6 Å². The van der Waals surface area contributed by atoms with Crippen LogP contribution in [0.15, 0.2) is 53.4 Å². The van der Waals surface area contributed by atoms with Gasteiger partial charge < -0.3 is 10.6 Å². The summed E-state index contributed by atoms with van der Waals surface area (Å²) in [6.45, 7) is 0. The standard InChI is InChI=1S/C16H15ClN2OS/c17-11-6-7-15-13(10-11)14(8-9-21-15)19-16(20)18-12-4-2-1-3-5-12/h1-7,10,14H,8-9H2,(H2,18,19,20)/t14-/m0/s1. The largest absolute Gasteiger partial charge is 0.331 e. The van der Waals surface area contributed by atoms with Gasteiger partial charge in [-0.25, -0.2) is 4.79 Å². The van der Waals surface area contributed by atoms with Gasteiger partial charge in [0, 0.05) is 21.4 Å². The minimum Gasteiger partial charge on any atom is -0.331 e. The van der Waals surface area contributed by atoms with Gasteiger partial charge in [-0.1, -0.05) is 29.8 Å². The minimum atomic E-state index is -0.191. The zero-order valence-corrected chi connectivity index (χ0v) is 12.9. The molecule has 0 aromatic heterocycles. The van der Waals surface area contributed by atoms with Crippen molar-refractivity contribution in [2.45, 2.75) is 17.4 Å². The van der Waals surface area contributed by atoms with E-state index in [9.17, 15) is 4.79 Å². The molecule has 108 valence electrons. The Morgan fingerprint density at radius 2 is 2.00 bits per heavy atom. The third-order valence-corrected chi connectivity index (χ3v) is 4.71. The van der Waals surface area contributed by atoms with Crippen LogP contribution in [-0.4, -0.2) is 11.8 Å². The fourth-order valence-corrected chi connectivity index (χ4v) is 3.65. The van der Waals surface area contributed by atoms with Gasteiger partial charge >= 0.3 is 6.03 Å². The van der Waals surface area contributed by atoms with Gasteiger partial charge in [0.1, 0.15) is 0 Å². The van der Waals surface area contributed by atoms with Gasteiger partial charge in [0.25, 0.3) is 0 Å². The maximum absolute atomic E-state index is 12.1. The van der Waals surface area contributed by atoms with Crippen molar-refractivity contribution in [3.63, 3.8) is 0 Å². The number of hydrogen-bond acceptors (Lipinski definition) is 2. The Balaban J connectivity index is 1.71. The molecule has 0 bridgehead atoms. The molecule has 2 amide bonds. The molecule has 0 fully saturated rings. The number of benzene rings is 2. The molecule has 3 nitrogen and oxygen atoms in total. The first-order chi connectivity index (χ1) is 10.2. The summed E-state index contributed by atoms with van der Waals surface area (Å²) in [6, 6.07) is 15.1. The monoisotopic (exact) mass is 318 g/mol. The lowest BCUT2D eigenvalue weighted by molar-refractivity contribution is 0.248. The highest BCUT2D eigenvalue weighted by Crippen LogP contribution is 2.37. The molecule has 1 aliphatic heterocycles. The van der Waals surface area contributed by atoms with Crippen LogP contribution in [0, 0.1) is 0 Å². The van der Waals surface area contributed by atoms with Gasteiger partial charge in [-0.05, 0) is 42.3 Å². The second-order valence-electron chi connectivity index (χ2n) is 4.84. The second kappa shape index (κ2) is 6.41. The Hall–Kier alpha value is -1.65. The maximum atomic E-state index is 12.1. The Morgan fingerprint density at radius 1 is 1.19 bits per heavy atom. The number of carbonyl (C=O) groups excluding carboxylic acids is 1. The maximum Gasteiger partial charge on any atom is 0.319 e. The zero-order chi connectivity index (χ0) is 14.7. The fraction of sp³-hybridized carbons (Fsp3) is 0.188. The summed E-state index contributed by atoms with van der Waals surface area (Å²) in [5.74, 6) is 0.991. The highest BCUT2D eigenvalue weighted by atomic mass is 35.5. The molecule has 2 N–H and O–H groups in total. The first-order valence-corrected chi connectivity index (χ1v) is 8.13. The third kappa shape index (κ3) is 3.52. The molecule has 0 spiro atoms. The number of nitrogens with one attached hydrogen (secondary N) is 2.